The maximum Gasteiger partial charge on any atom is 0.0754 e. The van der Waals surface area contributed by atoms with Crippen molar-refractivity contribution in [3.63, 3.8) is 0 Å². The normalized spacial score (nSPS) is 14.1. The quantitative estimate of drug-likeness (QED) is 0.125. The number of anilines is 6. The molecule has 0 unspecified atom stereocenters. The third-order valence-electron chi connectivity index (χ3n) is 21.8. The largest absolute Gasteiger partial charge is 0.310 e. The molecule has 0 saturated heterocycles. The standard InChI is InChI=1S/C92H56N2/c1-3-28-60(29-4-1)93-82-49-15-11-43-76(82)91(77-44-12-16-50-83(77)93)74-41-9-7-32-69(74)89-64(39-23-47-80(89)91)62-34-21-37-66-71(62)56-72-63(35-22-38-67(72)88(66)73-55-59-27-19-25-57-53-54-58-26-20-36-68(73)87(58)86(57)59)65-40-24-48-81-90(65)70-33-8-10-42-75(70)92(81)78-45-13-17-51-84(78)94(61-30-5-2-6-31-61)85-52-18-14-46-79(85)92/h1-56H. The highest BCUT2D eigenvalue weighted by Crippen LogP contribution is 2.67. The SMILES string of the molecule is c1ccc(N2c3ccccc3C3(c4ccccc4-c4c(-c5cccc6c(-c7cc8cccc9ccc%10cccc7c%10c98)c7cccc(-c8cccc9c8-c8ccccc8C98c9ccccc9N(c9ccccc9)c9ccccc98)c7cc56)cccc43)c3ccccc32)cc1. The van der Waals surface area contributed by atoms with Crippen LogP contribution in [-0.2, 0) is 10.8 Å². The Hall–Kier alpha value is -12.1. The molecule has 0 bridgehead atoms. The number of hydrogen-bond acceptors (Lipinski definition) is 2. The summed E-state index contributed by atoms with van der Waals surface area (Å²) in [6.07, 6.45) is 0. The molecule has 17 aromatic rings. The summed E-state index contributed by atoms with van der Waals surface area (Å²) in [5.41, 5.74) is 28.6. The average Bonchev–Trinajstić information content (AvgIpc) is 1.48. The summed E-state index contributed by atoms with van der Waals surface area (Å²) in [7, 11) is 0. The van der Waals surface area contributed by atoms with E-state index in [4.69, 9.17) is 0 Å². The van der Waals surface area contributed by atoms with Crippen LogP contribution in [-0.4, -0.2) is 0 Å². The molecular weight excluding hydrogens is 1130 g/mol. The van der Waals surface area contributed by atoms with Crippen LogP contribution in [0, 0.1) is 0 Å². The molecule has 2 nitrogen and oxygen atoms in total. The van der Waals surface area contributed by atoms with Crippen LogP contribution in [0.5, 0.6) is 0 Å². The minimum Gasteiger partial charge on any atom is -0.310 e. The Kier molecular flexibility index (Phi) is 10.6. The first-order valence-corrected chi connectivity index (χ1v) is 32.9. The van der Waals surface area contributed by atoms with Gasteiger partial charge in [0.1, 0.15) is 0 Å². The number of fused-ring (bicyclic) bond motifs is 20. The van der Waals surface area contributed by atoms with Crippen molar-refractivity contribution in [3.05, 3.63) is 384 Å². The number of hydrogen-bond donors (Lipinski definition) is 0. The lowest BCUT2D eigenvalue weighted by Gasteiger charge is -2.45. The lowest BCUT2D eigenvalue weighted by Crippen LogP contribution is -2.36. The maximum atomic E-state index is 2.58. The Morgan fingerprint density at radius 1 is 0.181 bits per heavy atom. The molecule has 21 rings (SSSR count). The Bertz CT molecular complexity index is 5690. The Morgan fingerprint density at radius 2 is 0.521 bits per heavy atom. The summed E-state index contributed by atoms with van der Waals surface area (Å²) in [6, 6.07) is 129. The first kappa shape index (κ1) is 51.6. The van der Waals surface area contributed by atoms with E-state index >= 15 is 0 Å². The highest BCUT2D eigenvalue weighted by atomic mass is 15.2. The second kappa shape index (κ2) is 19.2. The van der Waals surface area contributed by atoms with Gasteiger partial charge in [-0.25, -0.2) is 0 Å². The molecule has 4 aliphatic rings. The van der Waals surface area contributed by atoms with Crippen molar-refractivity contribution in [3.8, 4) is 55.6 Å². The van der Waals surface area contributed by atoms with Crippen LogP contribution >= 0.6 is 0 Å². The first-order valence-electron chi connectivity index (χ1n) is 32.9. The molecule has 0 atom stereocenters. The van der Waals surface area contributed by atoms with E-state index < -0.39 is 10.8 Å². The van der Waals surface area contributed by atoms with Crippen LogP contribution < -0.4 is 9.80 Å². The van der Waals surface area contributed by atoms with E-state index in [2.05, 4.69) is 350 Å². The lowest BCUT2D eigenvalue weighted by atomic mass is 9.64. The molecule has 94 heavy (non-hydrogen) atoms. The van der Waals surface area contributed by atoms with Crippen molar-refractivity contribution in [2.45, 2.75) is 10.8 Å². The van der Waals surface area contributed by atoms with Gasteiger partial charge in [-0.05, 0) is 215 Å². The monoisotopic (exact) mass is 1190 g/mol. The lowest BCUT2D eigenvalue weighted by molar-refractivity contribution is 0.753. The topological polar surface area (TPSA) is 6.48 Å². The summed E-state index contributed by atoms with van der Waals surface area (Å²) >= 11 is 0. The number of rotatable bonds is 5. The zero-order valence-corrected chi connectivity index (χ0v) is 51.2. The van der Waals surface area contributed by atoms with Crippen LogP contribution in [0.2, 0.25) is 0 Å². The predicted molar refractivity (Wildman–Crippen MR) is 393 cm³/mol. The van der Waals surface area contributed by atoms with Crippen molar-refractivity contribution < 1.29 is 0 Å². The number of benzene rings is 17. The van der Waals surface area contributed by atoms with E-state index in [1.807, 2.05) is 0 Å². The van der Waals surface area contributed by atoms with Gasteiger partial charge in [0.25, 0.3) is 0 Å². The van der Waals surface area contributed by atoms with Gasteiger partial charge in [-0.2, -0.15) is 0 Å². The smallest absolute Gasteiger partial charge is 0.0754 e. The van der Waals surface area contributed by atoms with E-state index in [1.165, 1.54) is 177 Å². The second-order valence-corrected chi connectivity index (χ2v) is 26.0. The third kappa shape index (κ3) is 6.58. The Labute approximate surface area is 545 Å². The van der Waals surface area contributed by atoms with Crippen LogP contribution in [0.15, 0.2) is 340 Å². The van der Waals surface area contributed by atoms with E-state index in [-0.39, 0.29) is 0 Å². The van der Waals surface area contributed by atoms with Gasteiger partial charge in [-0.1, -0.05) is 279 Å². The minimum absolute atomic E-state index is 0.615. The summed E-state index contributed by atoms with van der Waals surface area (Å²) in [4.78, 5) is 4.95. The molecule has 0 aromatic heterocycles. The van der Waals surface area contributed by atoms with Gasteiger partial charge in [0.15, 0.2) is 0 Å². The zero-order valence-electron chi connectivity index (χ0n) is 51.2. The van der Waals surface area contributed by atoms with Crippen molar-refractivity contribution >= 4 is 88.0 Å². The number of para-hydroxylation sites is 6. The average molecular weight is 1190 g/mol. The van der Waals surface area contributed by atoms with E-state index in [9.17, 15) is 0 Å². The summed E-state index contributed by atoms with van der Waals surface area (Å²) in [6.45, 7) is 0. The van der Waals surface area contributed by atoms with Crippen LogP contribution in [0.25, 0.3) is 109 Å². The van der Waals surface area contributed by atoms with Gasteiger partial charge in [-0.15, -0.1) is 0 Å². The van der Waals surface area contributed by atoms with E-state index in [1.54, 1.807) is 0 Å². The van der Waals surface area contributed by atoms with Gasteiger partial charge in [0, 0.05) is 11.4 Å². The van der Waals surface area contributed by atoms with Crippen molar-refractivity contribution in [2.75, 3.05) is 9.80 Å². The Balaban J connectivity index is 0.866. The van der Waals surface area contributed by atoms with E-state index in [0.717, 1.165) is 11.4 Å². The van der Waals surface area contributed by atoms with Gasteiger partial charge in [-0.3, -0.25) is 0 Å². The van der Waals surface area contributed by atoms with Crippen LogP contribution in [0.4, 0.5) is 34.1 Å². The third-order valence-corrected chi connectivity index (χ3v) is 21.8. The molecule has 17 aromatic carbocycles. The minimum atomic E-state index is -0.615. The molecule has 0 fully saturated rings. The molecule has 0 radical (unpaired) electrons. The highest BCUT2D eigenvalue weighted by molar-refractivity contribution is 6.30. The fraction of sp³-hybridized carbons (Fsp3) is 0.0217. The maximum absolute atomic E-state index is 2.58. The predicted octanol–water partition coefficient (Wildman–Crippen LogP) is 24.2. The summed E-state index contributed by atoms with van der Waals surface area (Å²) in [5, 5.41) is 12.5. The van der Waals surface area contributed by atoms with Gasteiger partial charge in [0.05, 0.1) is 33.6 Å². The fourth-order valence-electron chi connectivity index (χ4n) is 18.4. The first-order chi connectivity index (χ1) is 46.7. The van der Waals surface area contributed by atoms with Gasteiger partial charge < -0.3 is 9.80 Å². The number of nitrogens with zero attached hydrogens (tertiary/aromatic N) is 2. The highest BCUT2D eigenvalue weighted by Gasteiger charge is 2.54. The van der Waals surface area contributed by atoms with Crippen molar-refractivity contribution in [2.24, 2.45) is 0 Å². The molecule has 0 amide bonds. The molecule has 0 saturated carbocycles. The molecular formula is C92H56N2. The molecule has 2 heterocycles. The fourth-order valence-corrected chi connectivity index (χ4v) is 18.4. The molecule has 2 heteroatoms. The zero-order chi connectivity index (χ0) is 61.4. The summed E-state index contributed by atoms with van der Waals surface area (Å²) < 4.78 is 0. The molecule has 2 spiro atoms. The second-order valence-electron chi connectivity index (χ2n) is 26.0. The van der Waals surface area contributed by atoms with E-state index in [0.29, 0.717) is 0 Å². The van der Waals surface area contributed by atoms with Gasteiger partial charge in [0.2, 0.25) is 0 Å². The van der Waals surface area contributed by atoms with Crippen LogP contribution in [0.1, 0.15) is 44.5 Å². The molecule has 0 N–H and O–H groups in total. The molecule has 2 aliphatic carbocycles. The molecule has 2 aliphatic heterocycles. The summed E-state index contributed by atoms with van der Waals surface area (Å²) in [5.74, 6) is 0. The Morgan fingerprint density at radius 3 is 1.00 bits per heavy atom. The molecule has 434 valence electrons. The van der Waals surface area contributed by atoms with Gasteiger partial charge >= 0.3 is 0 Å². The van der Waals surface area contributed by atoms with Crippen molar-refractivity contribution in [1.82, 2.24) is 0 Å². The van der Waals surface area contributed by atoms with Crippen molar-refractivity contribution in [1.29, 1.82) is 0 Å². The van der Waals surface area contributed by atoms with Crippen LogP contribution in [0.3, 0.4) is 0 Å².